The molecule has 0 aliphatic carbocycles. The van der Waals surface area contributed by atoms with Gasteiger partial charge in [-0.05, 0) is 191 Å². The Kier molecular flexibility index (Phi) is 7.91. The van der Waals surface area contributed by atoms with Gasteiger partial charge in [-0.2, -0.15) is 0 Å². The Hall–Kier alpha value is -8.40. The summed E-state index contributed by atoms with van der Waals surface area (Å²) in [5.41, 5.74) is 10.2. The zero-order valence-electron chi connectivity index (χ0n) is 34.4. The van der Waals surface area contributed by atoms with Crippen LogP contribution in [-0.4, -0.2) is 13.7 Å². The molecule has 3 heterocycles. The van der Waals surface area contributed by atoms with Gasteiger partial charge in [0.1, 0.15) is 0 Å². The number of hydrogen-bond acceptors (Lipinski definition) is 0. The highest BCUT2D eigenvalue weighted by Gasteiger charge is 2.16. The fourth-order valence-corrected chi connectivity index (χ4v) is 9.82. The maximum absolute atomic E-state index is 2.34. The van der Waals surface area contributed by atoms with Gasteiger partial charge in [0.25, 0.3) is 0 Å². The molecular formula is C60H39N3. The van der Waals surface area contributed by atoms with Crippen LogP contribution < -0.4 is 0 Å². The van der Waals surface area contributed by atoms with E-state index in [2.05, 4.69) is 251 Å². The second-order valence-corrected chi connectivity index (χ2v) is 16.8. The molecule has 0 N–H and O–H groups in total. The summed E-state index contributed by atoms with van der Waals surface area (Å²) in [6.45, 7) is 0. The summed E-state index contributed by atoms with van der Waals surface area (Å²) in [6.07, 6.45) is 6.58. The van der Waals surface area contributed by atoms with Crippen LogP contribution in [0.1, 0.15) is 0 Å². The molecule has 0 saturated carbocycles. The topological polar surface area (TPSA) is 14.8 Å². The van der Waals surface area contributed by atoms with Crippen LogP contribution in [0.3, 0.4) is 0 Å². The average Bonchev–Trinajstić information content (AvgIpc) is 4.14. The Labute approximate surface area is 364 Å². The Morgan fingerprint density at radius 1 is 0.190 bits per heavy atom. The quantitative estimate of drug-likeness (QED) is 0.149. The van der Waals surface area contributed by atoms with E-state index in [0.29, 0.717) is 0 Å². The molecule has 0 radical (unpaired) electrons. The van der Waals surface area contributed by atoms with Crippen molar-refractivity contribution in [3.05, 3.63) is 237 Å². The molecule has 13 rings (SSSR count). The first kappa shape index (κ1) is 35.4. The van der Waals surface area contributed by atoms with Gasteiger partial charge in [0, 0.05) is 35.7 Å². The van der Waals surface area contributed by atoms with Gasteiger partial charge < -0.3 is 13.7 Å². The largest absolute Gasteiger partial charge is 0.316 e. The van der Waals surface area contributed by atoms with Crippen molar-refractivity contribution in [2.24, 2.45) is 0 Å². The smallest absolute Gasteiger partial charge is 0.0528 e. The van der Waals surface area contributed by atoms with E-state index in [1.807, 2.05) is 0 Å². The zero-order chi connectivity index (χ0) is 41.4. The van der Waals surface area contributed by atoms with Gasteiger partial charge in [-0.1, -0.05) is 109 Å². The number of fused-ring (bicyclic) bond motifs is 6. The third kappa shape index (κ3) is 6.05. The summed E-state index contributed by atoms with van der Waals surface area (Å²) < 4.78 is 7.01. The van der Waals surface area contributed by atoms with E-state index in [-0.39, 0.29) is 0 Å². The van der Waals surface area contributed by atoms with Crippen molar-refractivity contribution < 1.29 is 0 Å². The molecule has 0 aliphatic heterocycles. The van der Waals surface area contributed by atoms with Crippen molar-refractivity contribution in [2.45, 2.75) is 0 Å². The maximum Gasteiger partial charge on any atom is 0.0528 e. The van der Waals surface area contributed by atoms with Gasteiger partial charge in [-0.3, -0.25) is 0 Å². The number of hydrogen-bond donors (Lipinski definition) is 0. The van der Waals surface area contributed by atoms with Crippen molar-refractivity contribution in [3.8, 4) is 50.8 Å². The Morgan fingerprint density at radius 2 is 0.444 bits per heavy atom. The fourth-order valence-electron chi connectivity index (χ4n) is 9.82. The molecule has 3 aromatic heterocycles. The molecular weight excluding hydrogens is 763 g/mol. The first-order valence-corrected chi connectivity index (χ1v) is 21.6. The Morgan fingerprint density at radius 3 is 0.730 bits per heavy atom. The van der Waals surface area contributed by atoms with E-state index >= 15 is 0 Å². The monoisotopic (exact) mass is 801 g/mol. The van der Waals surface area contributed by atoms with Crippen molar-refractivity contribution in [1.82, 2.24) is 13.7 Å². The van der Waals surface area contributed by atoms with Crippen molar-refractivity contribution >= 4 is 64.6 Å². The first-order chi connectivity index (χ1) is 31.1. The van der Waals surface area contributed by atoms with Gasteiger partial charge in [-0.15, -0.1) is 0 Å². The van der Waals surface area contributed by atoms with E-state index in [1.54, 1.807) is 0 Å². The van der Waals surface area contributed by atoms with Gasteiger partial charge in [0.2, 0.25) is 0 Å². The Balaban J connectivity index is 0.975. The van der Waals surface area contributed by atoms with Crippen molar-refractivity contribution in [3.63, 3.8) is 0 Å². The van der Waals surface area contributed by atoms with Crippen LogP contribution in [0.2, 0.25) is 0 Å². The molecule has 3 nitrogen and oxygen atoms in total. The van der Waals surface area contributed by atoms with Crippen LogP contribution in [0.25, 0.3) is 115 Å². The highest BCUT2D eigenvalue weighted by Crippen LogP contribution is 2.36. The molecule has 3 heteroatoms. The molecule has 0 fully saturated rings. The van der Waals surface area contributed by atoms with Crippen LogP contribution in [-0.2, 0) is 0 Å². The van der Waals surface area contributed by atoms with E-state index in [0.717, 1.165) is 34.1 Å². The molecule has 0 amide bonds. The molecule has 0 spiro atoms. The number of aromatic nitrogens is 3. The normalized spacial score (nSPS) is 11.8. The van der Waals surface area contributed by atoms with Crippen LogP contribution in [0, 0.1) is 0 Å². The van der Waals surface area contributed by atoms with Gasteiger partial charge in [0.15, 0.2) is 0 Å². The Bertz CT molecular complexity index is 3510. The van der Waals surface area contributed by atoms with E-state index in [4.69, 9.17) is 0 Å². The standard InChI is InChI=1S/C60H39N3/c1-4-13-43-31-52-34-49(22-19-46(52)28-40(43)10-1)58-16-7-25-61(58)55-37-56(62-26-8-17-59(62)50-23-20-47-29-41-11-2-5-14-44(41)32-53(47)35-50)39-57(38-55)63-27-9-18-60(63)51-24-21-48-30-42-12-3-6-15-45(42)33-54(48)36-51/h1-39H. The predicted molar refractivity (Wildman–Crippen MR) is 266 cm³/mol. The van der Waals surface area contributed by atoms with E-state index in [1.165, 1.54) is 81.3 Å². The predicted octanol–water partition coefficient (Wildman–Crippen LogP) is 16.0. The molecule has 0 unspecified atom stereocenters. The molecule has 0 saturated heterocycles. The van der Waals surface area contributed by atoms with Crippen LogP contribution in [0.4, 0.5) is 0 Å². The lowest BCUT2D eigenvalue weighted by molar-refractivity contribution is 1.02. The first-order valence-electron chi connectivity index (χ1n) is 21.6. The van der Waals surface area contributed by atoms with Gasteiger partial charge >= 0.3 is 0 Å². The van der Waals surface area contributed by atoms with Crippen LogP contribution >= 0.6 is 0 Å². The summed E-state index contributed by atoms with van der Waals surface area (Å²) in [4.78, 5) is 0. The molecule has 0 bridgehead atoms. The van der Waals surface area contributed by atoms with Crippen LogP contribution in [0.15, 0.2) is 237 Å². The maximum atomic E-state index is 2.34. The lowest BCUT2D eigenvalue weighted by atomic mass is 10.0. The lowest BCUT2D eigenvalue weighted by Gasteiger charge is -2.18. The summed E-state index contributed by atoms with van der Waals surface area (Å²) in [5.74, 6) is 0. The molecule has 0 aliphatic rings. The third-order valence-corrected chi connectivity index (χ3v) is 13.0. The van der Waals surface area contributed by atoms with Crippen molar-refractivity contribution in [1.29, 1.82) is 0 Å². The van der Waals surface area contributed by atoms with Crippen molar-refractivity contribution in [2.75, 3.05) is 0 Å². The summed E-state index contributed by atoms with van der Waals surface area (Å²) >= 11 is 0. The molecule has 10 aromatic carbocycles. The minimum Gasteiger partial charge on any atom is -0.316 e. The minimum absolute atomic E-state index is 1.08. The molecule has 13 aromatic rings. The SMILES string of the molecule is c1ccc2cc3cc(-c4cccn4-c4cc(-n5cccc5-c5ccc6cc7ccccc7cc6c5)cc(-n5cccc5-c5ccc6cc7ccccc7cc6c5)c4)ccc3cc2c1. The summed E-state index contributed by atoms with van der Waals surface area (Å²) in [6, 6.07) is 80.3. The average molecular weight is 802 g/mol. The minimum atomic E-state index is 1.08. The second kappa shape index (κ2) is 14.1. The summed E-state index contributed by atoms with van der Waals surface area (Å²) in [5, 5.41) is 14.9. The third-order valence-electron chi connectivity index (χ3n) is 13.0. The van der Waals surface area contributed by atoms with E-state index < -0.39 is 0 Å². The second-order valence-electron chi connectivity index (χ2n) is 16.8. The zero-order valence-corrected chi connectivity index (χ0v) is 34.4. The van der Waals surface area contributed by atoms with Gasteiger partial charge in [-0.25, -0.2) is 0 Å². The molecule has 294 valence electrons. The summed E-state index contributed by atoms with van der Waals surface area (Å²) in [7, 11) is 0. The van der Waals surface area contributed by atoms with E-state index in [9.17, 15) is 0 Å². The highest BCUT2D eigenvalue weighted by atomic mass is 15.0. The highest BCUT2D eigenvalue weighted by molar-refractivity contribution is 6.02. The van der Waals surface area contributed by atoms with Crippen LogP contribution in [0.5, 0.6) is 0 Å². The van der Waals surface area contributed by atoms with Gasteiger partial charge in [0.05, 0.1) is 17.1 Å². The lowest BCUT2D eigenvalue weighted by Crippen LogP contribution is -2.04. The fraction of sp³-hybridized carbons (Fsp3) is 0. The number of nitrogens with zero attached hydrogens (tertiary/aromatic N) is 3. The molecule has 63 heavy (non-hydrogen) atoms. The molecule has 0 atom stereocenters. The number of benzene rings is 10. The number of rotatable bonds is 6.